The van der Waals surface area contributed by atoms with Gasteiger partial charge in [-0.15, -0.1) is 0 Å². The van der Waals surface area contributed by atoms with Gasteiger partial charge in [-0.25, -0.2) is 18.0 Å². The number of alkyl halides is 2. The molecule has 0 spiro atoms. The van der Waals surface area contributed by atoms with Gasteiger partial charge in [0.2, 0.25) is 5.91 Å². The van der Waals surface area contributed by atoms with Gasteiger partial charge in [-0.3, -0.25) is 9.69 Å². The monoisotopic (exact) mass is 447 g/mol. The fourth-order valence-corrected chi connectivity index (χ4v) is 4.16. The number of rotatable bonds is 8. The highest BCUT2D eigenvalue weighted by atomic mass is 19.2. The minimum absolute atomic E-state index is 0.0687. The molecule has 1 unspecified atom stereocenters. The molecule has 32 heavy (non-hydrogen) atoms. The van der Waals surface area contributed by atoms with E-state index in [9.17, 15) is 22.8 Å². The Balaban J connectivity index is 1.49. The zero-order chi connectivity index (χ0) is 22.8. The molecule has 2 amide bonds. The number of cyclic esters (lactones) is 1. The summed E-state index contributed by atoms with van der Waals surface area (Å²) in [5.41, 5.74) is 3.27. The lowest BCUT2D eigenvalue weighted by molar-refractivity contribution is -0.119. The molecule has 3 atom stereocenters. The average Bonchev–Trinajstić information content (AvgIpc) is 3.29. The second-order valence-corrected chi connectivity index (χ2v) is 8.04. The van der Waals surface area contributed by atoms with E-state index in [4.69, 9.17) is 4.74 Å². The second-order valence-electron chi connectivity index (χ2n) is 8.04. The minimum atomic E-state index is -1.53. The molecule has 0 saturated carbocycles. The molecular weight excluding hydrogens is 423 g/mol. The van der Waals surface area contributed by atoms with Crippen LogP contribution < -0.4 is 15.5 Å². The number of hydrogen-bond acceptors (Lipinski definition) is 4. The first kappa shape index (κ1) is 22.1. The van der Waals surface area contributed by atoms with Gasteiger partial charge in [0, 0.05) is 25.6 Å². The largest absolute Gasteiger partial charge is 0.442 e. The molecule has 0 radical (unpaired) electrons. The molecule has 0 aliphatic carbocycles. The molecule has 1 fully saturated rings. The molecular formula is C23H24F3N3O3. The maximum Gasteiger partial charge on any atom is 0.415 e. The third-order valence-electron chi connectivity index (χ3n) is 5.75. The number of fused-ring (bicyclic) bond motifs is 3. The van der Waals surface area contributed by atoms with Crippen molar-refractivity contribution in [3.8, 4) is 11.1 Å². The van der Waals surface area contributed by atoms with Crippen LogP contribution in [0.5, 0.6) is 0 Å². The first-order valence-corrected chi connectivity index (χ1v) is 10.4. The Bertz CT molecular complexity index is 1020. The van der Waals surface area contributed by atoms with Crippen LogP contribution >= 0.6 is 0 Å². The van der Waals surface area contributed by atoms with Crippen LogP contribution in [0.3, 0.4) is 0 Å². The van der Waals surface area contributed by atoms with Gasteiger partial charge in [0.1, 0.15) is 24.8 Å². The van der Waals surface area contributed by atoms with Gasteiger partial charge >= 0.3 is 6.09 Å². The number of carbonyl (C=O) groups is 2. The summed E-state index contributed by atoms with van der Waals surface area (Å²) < 4.78 is 45.5. The second kappa shape index (κ2) is 9.20. The fraction of sp³-hybridized carbons (Fsp3) is 0.391. The standard InChI is InChI=1S/C23H24F3N3O3/c1-13(30)28-12-22-21-7-16-6-18(19(26)8-20(16)29(21)23(31)32-22)15-4-2-14(3-5-15)10-27-11-17(25)9-24/h2-6,8,17,21-22,27H,7,9-12H2,1H3,(H,28,30)/t17?,21-,22-/m0/s1. The number of amides is 2. The van der Waals surface area contributed by atoms with Crippen molar-refractivity contribution in [2.75, 3.05) is 24.7 Å². The van der Waals surface area contributed by atoms with Gasteiger partial charge in [-0.2, -0.15) is 0 Å². The molecule has 0 bridgehead atoms. The number of hydrogen-bond donors (Lipinski definition) is 2. The number of carbonyl (C=O) groups excluding carboxylic acids is 2. The molecule has 2 aliphatic heterocycles. The highest BCUT2D eigenvalue weighted by Gasteiger charge is 2.47. The third kappa shape index (κ3) is 4.43. The molecule has 4 rings (SSSR count). The van der Waals surface area contributed by atoms with E-state index in [0.29, 0.717) is 29.8 Å². The van der Waals surface area contributed by atoms with E-state index in [0.717, 1.165) is 11.1 Å². The number of nitrogens with one attached hydrogen (secondary N) is 2. The predicted molar refractivity (Wildman–Crippen MR) is 113 cm³/mol. The number of halogens is 3. The normalized spacial score (nSPS) is 20.0. The van der Waals surface area contributed by atoms with Gasteiger partial charge < -0.3 is 15.4 Å². The first-order valence-electron chi connectivity index (χ1n) is 10.4. The molecule has 6 nitrogen and oxygen atoms in total. The summed E-state index contributed by atoms with van der Waals surface area (Å²) in [4.78, 5) is 25.0. The van der Waals surface area contributed by atoms with E-state index in [1.165, 1.54) is 17.9 Å². The van der Waals surface area contributed by atoms with Gasteiger partial charge in [0.15, 0.2) is 0 Å². The SMILES string of the molecule is CC(=O)NC[C@@H]1OC(=O)N2c3cc(F)c(-c4ccc(CNCC(F)CF)cc4)cc3C[C@@H]12. The molecule has 1 saturated heterocycles. The molecule has 2 N–H and O–H groups in total. The lowest BCUT2D eigenvalue weighted by Gasteiger charge is -2.16. The topological polar surface area (TPSA) is 70.7 Å². The highest BCUT2D eigenvalue weighted by Crippen LogP contribution is 2.41. The van der Waals surface area contributed by atoms with Crippen molar-refractivity contribution in [2.45, 2.75) is 38.2 Å². The molecule has 0 aromatic heterocycles. The van der Waals surface area contributed by atoms with Crippen LogP contribution in [0.15, 0.2) is 36.4 Å². The van der Waals surface area contributed by atoms with Crippen LogP contribution in [0.2, 0.25) is 0 Å². The lowest BCUT2D eigenvalue weighted by atomic mass is 9.98. The van der Waals surface area contributed by atoms with E-state index in [2.05, 4.69) is 10.6 Å². The van der Waals surface area contributed by atoms with Crippen LogP contribution in [0.4, 0.5) is 23.7 Å². The van der Waals surface area contributed by atoms with E-state index in [-0.39, 0.29) is 25.0 Å². The smallest absolute Gasteiger partial charge is 0.415 e. The molecule has 2 aromatic rings. The van der Waals surface area contributed by atoms with Crippen LogP contribution in [-0.2, 0) is 22.5 Å². The minimum Gasteiger partial charge on any atom is -0.442 e. The summed E-state index contributed by atoms with van der Waals surface area (Å²) in [5.74, 6) is -0.675. The van der Waals surface area contributed by atoms with Crippen molar-refractivity contribution in [3.05, 3.63) is 53.3 Å². The van der Waals surface area contributed by atoms with Crippen LogP contribution in [0, 0.1) is 5.82 Å². The molecule has 2 heterocycles. The maximum atomic E-state index is 15.0. The molecule has 9 heteroatoms. The van der Waals surface area contributed by atoms with Gasteiger partial charge in [-0.05, 0) is 35.2 Å². The van der Waals surface area contributed by atoms with Crippen LogP contribution in [0.25, 0.3) is 11.1 Å². The van der Waals surface area contributed by atoms with Gasteiger partial charge in [0.05, 0.1) is 18.3 Å². The van der Waals surface area contributed by atoms with Crippen molar-refractivity contribution in [1.82, 2.24) is 10.6 Å². The van der Waals surface area contributed by atoms with Crippen molar-refractivity contribution in [2.24, 2.45) is 0 Å². The summed E-state index contributed by atoms with van der Waals surface area (Å²) in [6.07, 6.45) is -2.07. The van der Waals surface area contributed by atoms with E-state index >= 15 is 0 Å². The number of nitrogens with zero attached hydrogens (tertiary/aromatic N) is 1. The first-order chi connectivity index (χ1) is 15.4. The summed E-state index contributed by atoms with van der Waals surface area (Å²) in [7, 11) is 0. The van der Waals surface area contributed by atoms with Crippen molar-refractivity contribution in [3.63, 3.8) is 0 Å². The summed E-state index contributed by atoms with van der Waals surface area (Å²) in [6, 6.07) is 9.94. The molecule has 2 aliphatic rings. The Morgan fingerprint density at radius 2 is 2.03 bits per heavy atom. The highest BCUT2D eigenvalue weighted by molar-refractivity contribution is 5.94. The van der Waals surface area contributed by atoms with Gasteiger partial charge in [0.25, 0.3) is 0 Å². The third-order valence-corrected chi connectivity index (χ3v) is 5.75. The Kier molecular flexibility index (Phi) is 6.36. The van der Waals surface area contributed by atoms with E-state index < -0.39 is 30.9 Å². The van der Waals surface area contributed by atoms with Crippen LogP contribution in [0.1, 0.15) is 18.1 Å². The summed E-state index contributed by atoms with van der Waals surface area (Å²) in [6.45, 7) is 0.883. The van der Waals surface area contributed by atoms with E-state index in [1.807, 2.05) is 0 Å². The Labute approximate surface area is 183 Å². The summed E-state index contributed by atoms with van der Waals surface area (Å²) in [5, 5.41) is 5.50. The number of anilines is 1. The fourth-order valence-electron chi connectivity index (χ4n) is 4.16. The number of benzene rings is 2. The quantitative estimate of drug-likeness (QED) is 0.652. The predicted octanol–water partition coefficient (Wildman–Crippen LogP) is 3.28. The van der Waals surface area contributed by atoms with Crippen molar-refractivity contribution < 1.29 is 27.5 Å². The van der Waals surface area contributed by atoms with E-state index in [1.54, 1.807) is 30.3 Å². The van der Waals surface area contributed by atoms with Crippen molar-refractivity contribution >= 4 is 17.7 Å². The van der Waals surface area contributed by atoms with Crippen LogP contribution in [-0.4, -0.2) is 50.1 Å². The average molecular weight is 447 g/mol. The Morgan fingerprint density at radius 3 is 2.72 bits per heavy atom. The Morgan fingerprint density at radius 1 is 1.28 bits per heavy atom. The van der Waals surface area contributed by atoms with Gasteiger partial charge in [-0.1, -0.05) is 24.3 Å². The molecule has 170 valence electrons. The molecule has 2 aromatic carbocycles. The summed E-state index contributed by atoms with van der Waals surface area (Å²) >= 11 is 0. The number of ether oxygens (including phenoxy) is 1. The van der Waals surface area contributed by atoms with Crippen molar-refractivity contribution in [1.29, 1.82) is 0 Å². The zero-order valence-corrected chi connectivity index (χ0v) is 17.5. The Hall–Kier alpha value is -3.07. The maximum absolute atomic E-state index is 15.0. The zero-order valence-electron chi connectivity index (χ0n) is 17.5. The lowest BCUT2D eigenvalue weighted by Crippen LogP contribution is -2.40.